The Morgan fingerprint density at radius 1 is 1.32 bits per heavy atom. The van der Waals surface area contributed by atoms with E-state index < -0.39 is 9.84 Å². The van der Waals surface area contributed by atoms with E-state index in [1.807, 2.05) is 12.1 Å². The molecule has 3 nitrogen and oxygen atoms in total. The third-order valence-electron chi connectivity index (χ3n) is 3.00. The molecule has 0 aromatic heterocycles. The number of benzene rings is 1. The first kappa shape index (κ1) is 15.2. The van der Waals surface area contributed by atoms with Crippen LogP contribution in [0.15, 0.2) is 24.3 Å². The summed E-state index contributed by atoms with van der Waals surface area (Å²) in [4.78, 5) is 2.18. The molecule has 0 N–H and O–H groups in total. The smallest absolute Gasteiger partial charge is 0.152 e. The van der Waals surface area contributed by atoms with Crippen molar-refractivity contribution in [3.05, 3.63) is 35.4 Å². The summed E-state index contributed by atoms with van der Waals surface area (Å²) in [6, 6.07) is 8.12. The second kappa shape index (κ2) is 6.97. The van der Waals surface area contributed by atoms with Crippen molar-refractivity contribution in [2.24, 2.45) is 0 Å². The van der Waals surface area contributed by atoms with Gasteiger partial charge < -0.3 is 0 Å². The Morgan fingerprint density at radius 3 is 2.74 bits per heavy atom. The van der Waals surface area contributed by atoms with Gasteiger partial charge in [0.25, 0.3) is 0 Å². The van der Waals surface area contributed by atoms with Crippen LogP contribution in [0.25, 0.3) is 0 Å². The van der Waals surface area contributed by atoms with Crippen molar-refractivity contribution in [3.8, 4) is 11.2 Å². The highest BCUT2D eigenvalue weighted by Gasteiger charge is 2.21. The quantitative estimate of drug-likeness (QED) is 0.557. The van der Waals surface area contributed by atoms with E-state index in [4.69, 9.17) is 0 Å². The van der Waals surface area contributed by atoms with Crippen LogP contribution in [-0.2, 0) is 16.4 Å². The minimum atomic E-state index is -2.80. The van der Waals surface area contributed by atoms with Gasteiger partial charge in [-0.05, 0) is 31.9 Å². The van der Waals surface area contributed by atoms with E-state index in [0.717, 1.165) is 12.1 Å². The van der Waals surface area contributed by atoms with Gasteiger partial charge in [0.1, 0.15) is 0 Å². The molecule has 0 bridgehead atoms. The van der Waals surface area contributed by atoms with Gasteiger partial charge in [0.15, 0.2) is 9.84 Å². The maximum Gasteiger partial charge on any atom is 0.152 e. The highest BCUT2D eigenvalue weighted by molar-refractivity contribution is 14.2. The molecule has 2 rings (SSSR count). The van der Waals surface area contributed by atoms with E-state index in [9.17, 15) is 8.42 Å². The molecule has 0 radical (unpaired) electrons. The van der Waals surface area contributed by atoms with Crippen molar-refractivity contribution in [2.75, 3.05) is 24.6 Å². The summed E-state index contributed by atoms with van der Waals surface area (Å²) in [5, 5.41) is 2.97. The van der Waals surface area contributed by atoms with E-state index in [1.165, 1.54) is 14.5 Å². The Hall–Kier alpha value is -0.230. The SMILES string of the molecule is O=S1(=O)CCN(Cc2cccc(C#CSI)c2)CC1. The molecule has 0 amide bonds. The lowest BCUT2D eigenvalue weighted by molar-refractivity contribution is 0.287. The van der Waals surface area contributed by atoms with E-state index in [0.29, 0.717) is 13.1 Å². The molecule has 6 heteroatoms. The van der Waals surface area contributed by atoms with Gasteiger partial charge in [-0.15, -0.1) is 0 Å². The Morgan fingerprint density at radius 2 is 2.05 bits per heavy atom. The molecule has 1 aliphatic heterocycles. The normalized spacial score (nSPS) is 18.6. The average Bonchev–Trinajstić information content (AvgIpc) is 2.39. The fraction of sp³-hybridized carbons (Fsp3) is 0.385. The average molecular weight is 407 g/mol. The molecule has 1 aliphatic rings. The zero-order valence-electron chi connectivity index (χ0n) is 10.3. The highest BCUT2D eigenvalue weighted by Crippen LogP contribution is 2.12. The largest absolute Gasteiger partial charge is 0.297 e. The monoisotopic (exact) mass is 407 g/mol. The molecule has 1 aromatic rings. The van der Waals surface area contributed by atoms with Gasteiger partial charge in [-0.3, -0.25) is 4.90 Å². The minimum Gasteiger partial charge on any atom is -0.297 e. The molecule has 19 heavy (non-hydrogen) atoms. The zero-order chi connectivity index (χ0) is 13.7. The van der Waals surface area contributed by atoms with Crippen LogP contribution in [0.5, 0.6) is 0 Å². The Labute approximate surface area is 130 Å². The molecule has 0 saturated carbocycles. The predicted octanol–water partition coefficient (Wildman–Crippen LogP) is 2.31. The van der Waals surface area contributed by atoms with E-state index in [-0.39, 0.29) is 11.5 Å². The number of nitrogens with zero attached hydrogens (tertiary/aromatic N) is 1. The molecule has 0 aliphatic carbocycles. The van der Waals surface area contributed by atoms with Gasteiger partial charge in [0.2, 0.25) is 0 Å². The summed E-state index contributed by atoms with van der Waals surface area (Å²) < 4.78 is 22.7. The van der Waals surface area contributed by atoms with Crippen molar-refractivity contribution in [2.45, 2.75) is 6.54 Å². The number of halogens is 1. The zero-order valence-corrected chi connectivity index (χ0v) is 14.1. The maximum absolute atomic E-state index is 11.4. The first-order valence-electron chi connectivity index (χ1n) is 5.89. The first-order valence-corrected chi connectivity index (χ1v) is 11.1. The third kappa shape index (κ3) is 4.99. The van der Waals surface area contributed by atoms with Crippen LogP contribution >= 0.6 is 30.1 Å². The standard InChI is InChI=1S/C13H14INO2S2/c14-18-7-4-12-2-1-3-13(10-12)11-15-5-8-19(16,17)9-6-15/h1-3,10H,5-6,8-9,11H2. The van der Waals surface area contributed by atoms with E-state index in [2.05, 4.69) is 49.4 Å². The van der Waals surface area contributed by atoms with Gasteiger partial charge >= 0.3 is 0 Å². The minimum absolute atomic E-state index is 0.276. The van der Waals surface area contributed by atoms with E-state index >= 15 is 0 Å². The first-order chi connectivity index (χ1) is 9.09. The Bertz CT molecular complexity index is 591. The number of sulfone groups is 1. The van der Waals surface area contributed by atoms with Gasteiger partial charge in [-0.1, -0.05) is 18.1 Å². The number of rotatable bonds is 2. The van der Waals surface area contributed by atoms with Crippen molar-refractivity contribution >= 4 is 40.0 Å². The van der Waals surface area contributed by atoms with Crippen LogP contribution in [0.4, 0.5) is 0 Å². The lowest BCUT2D eigenvalue weighted by atomic mass is 10.1. The Kier molecular flexibility index (Phi) is 5.57. The van der Waals surface area contributed by atoms with Gasteiger partial charge in [0.05, 0.1) is 11.5 Å². The molecular formula is C13H14INO2S2. The van der Waals surface area contributed by atoms with E-state index in [1.54, 1.807) is 0 Å². The van der Waals surface area contributed by atoms with Gasteiger partial charge in [-0.2, -0.15) is 0 Å². The summed E-state index contributed by atoms with van der Waals surface area (Å²) in [5.41, 5.74) is 2.19. The maximum atomic E-state index is 11.4. The fourth-order valence-electron chi connectivity index (χ4n) is 1.99. The molecule has 0 spiro atoms. The highest BCUT2D eigenvalue weighted by atomic mass is 127. The summed E-state index contributed by atoms with van der Waals surface area (Å²) in [6.45, 7) is 2.05. The molecule has 1 saturated heterocycles. The summed E-state index contributed by atoms with van der Waals surface area (Å²) in [6.07, 6.45) is 0. The molecule has 1 heterocycles. The van der Waals surface area contributed by atoms with Crippen LogP contribution in [0.1, 0.15) is 11.1 Å². The fourth-order valence-corrected chi connectivity index (χ4v) is 3.76. The van der Waals surface area contributed by atoms with Crippen molar-refractivity contribution < 1.29 is 8.42 Å². The number of hydrogen-bond donors (Lipinski definition) is 0. The summed E-state index contributed by atoms with van der Waals surface area (Å²) in [7, 11) is -1.33. The summed E-state index contributed by atoms with van der Waals surface area (Å²) >= 11 is 2.15. The van der Waals surface area contributed by atoms with Crippen LogP contribution in [0.3, 0.4) is 0 Å². The second-order valence-electron chi connectivity index (χ2n) is 4.43. The molecule has 102 valence electrons. The second-order valence-corrected chi connectivity index (χ2v) is 8.42. The van der Waals surface area contributed by atoms with Crippen molar-refractivity contribution in [3.63, 3.8) is 0 Å². The van der Waals surface area contributed by atoms with Crippen LogP contribution in [-0.4, -0.2) is 37.9 Å². The molecule has 1 fully saturated rings. The van der Waals surface area contributed by atoms with Crippen LogP contribution < -0.4 is 0 Å². The van der Waals surface area contributed by atoms with Gasteiger partial charge in [0, 0.05) is 46.4 Å². The van der Waals surface area contributed by atoms with Crippen LogP contribution in [0, 0.1) is 11.2 Å². The third-order valence-corrected chi connectivity index (χ3v) is 5.45. The molecule has 0 atom stereocenters. The van der Waals surface area contributed by atoms with Gasteiger partial charge in [-0.25, -0.2) is 8.42 Å². The topological polar surface area (TPSA) is 37.4 Å². The van der Waals surface area contributed by atoms with Crippen LogP contribution in [0.2, 0.25) is 0 Å². The van der Waals surface area contributed by atoms with Crippen molar-refractivity contribution in [1.82, 2.24) is 4.90 Å². The number of hydrogen-bond acceptors (Lipinski definition) is 4. The lowest BCUT2D eigenvalue weighted by Crippen LogP contribution is -2.39. The predicted molar refractivity (Wildman–Crippen MR) is 88.9 cm³/mol. The molecular weight excluding hydrogens is 393 g/mol. The Balaban J connectivity index is 2.00. The molecule has 1 aromatic carbocycles. The molecule has 0 unspecified atom stereocenters. The lowest BCUT2D eigenvalue weighted by Gasteiger charge is -2.26. The summed E-state index contributed by atoms with van der Waals surface area (Å²) in [5.74, 6) is 3.63. The van der Waals surface area contributed by atoms with Crippen molar-refractivity contribution in [1.29, 1.82) is 0 Å².